The predicted octanol–water partition coefficient (Wildman–Crippen LogP) is 3.66. The van der Waals surface area contributed by atoms with Crippen LogP contribution in [-0.2, 0) is 6.54 Å². The summed E-state index contributed by atoms with van der Waals surface area (Å²) in [5.74, 6) is 2.53. The molecule has 3 heteroatoms. The number of rotatable bonds is 5. The largest absolute Gasteiger partial charge is 0.309 e. The topological polar surface area (TPSA) is 37.8 Å². The Morgan fingerprint density at radius 3 is 2.95 bits per heavy atom. The summed E-state index contributed by atoms with van der Waals surface area (Å²) in [6.07, 6.45) is 8.48. The molecule has 0 aromatic carbocycles. The molecule has 1 aromatic heterocycles. The highest BCUT2D eigenvalue weighted by molar-refractivity contribution is 5.06. The lowest BCUT2D eigenvalue weighted by atomic mass is 9.80. The van der Waals surface area contributed by atoms with E-state index < -0.39 is 0 Å². The van der Waals surface area contributed by atoms with Gasteiger partial charge in [-0.1, -0.05) is 40.0 Å². The van der Waals surface area contributed by atoms with Crippen LogP contribution in [0, 0.1) is 5.92 Å². The van der Waals surface area contributed by atoms with E-state index in [0.717, 1.165) is 24.0 Å². The molecule has 19 heavy (non-hydrogen) atoms. The average molecular weight is 261 g/mol. The summed E-state index contributed by atoms with van der Waals surface area (Å²) >= 11 is 0. The monoisotopic (exact) mass is 261 g/mol. The van der Waals surface area contributed by atoms with Crippen LogP contribution in [0.2, 0.25) is 0 Å². The molecule has 1 saturated carbocycles. The molecule has 1 aliphatic carbocycles. The van der Waals surface area contributed by atoms with Crippen molar-refractivity contribution in [2.75, 3.05) is 0 Å². The van der Waals surface area contributed by atoms with Crippen LogP contribution in [0.1, 0.15) is 70.3 Å². The van der Waals surface area contributed by atoms with Crippen LogP contribution in [0.5, 0.6) is 0 Å². The zero-order valence-electron chi connectivity index (χ0n) is 12.5. The standard InChI is InChI=1S/C16H27N3/c1-4-13-6-5-7-14(10-13)16-17-9-8-15(19-16)11-18-12(2)3/h8-9,12-14,18H,4-7,10-11H2,1-3H3. The van der Waals surface area contributed by atoms with E-state index >= 15 is 0 Å². The lowest BCUT2D eigenvalue weighted by Crippen LogP contribution is -2.23. The Balaban J connectivity index is 2.01. The fourth-order valence-corrected chi connectivity index (χ4v) is 2.91. The third kappa shape index (κ3) is 4.27. The van der Waals surface area contributed by atoms with Gasteiger partial charge in [0.2, 0.25) is 0 Å². The van der Waals surface area contributed by atoms with Gasteiger partial charge in [-0.3, -0.25) is 0 Å². The van der Waals surface area contributed by atoms with Crippen LogP contribution < -0.4 is 5.32 Å². The molecule has 0 aliphatic heterocycles. The highest BCUT2D eigenvalue weighted by Crippen LogP contribution is 2.35. The van der Waals surface area contributed by atoms with Crippen LogP contribution in [0.15, 0.2) is 12.3 Å². The van der Waals surface area contributed by atoms with Gasteiger partial charge in [0.1, 0.15) is 5.82 Å². The maximum Gasteiger partial charge on any atom is 0.131 e. The van der Waals surface area contributed by atoms with Crippen molar-refractivity contribution < 1.29 is 0 Å². The summed E-state index contributed by atoms with van der Waals surface area (Å²) in [7, 11) is 0. The van der Waals surface area contributed by atoms with Crippen molar-refractivity contribution in [1.82, 2.24) is 15.3 Å². The Bertz CT molecular complexity index is 389. The van der Waals surface area contributed by atoms with Gasteiger partial charge in [0.25, 0.3) is 0 Å². The number of nitrogens with one attached hydrogen (secondary N) is 1. The second-order valence-corrected chi connectivity index (χ2v) is 6.08. The van der Waals surface area contributed by atoms with Crippen LogP contribution in [0.3, 0.4) is 0 Å². The molecule has 2 unspecified atom stereocenters. The normalized spacial score (nSPS) is 23.8. The van der Waals surface area contributed by atoms with Crippen molar-refractivity contribution in [1.29, 1.82) is 0 Å². The minimum atomic E-state index is 0.498. The Morgan fingerprint density at radius 1 is 1.37 bits per heavy atom. The minimum Gasteiger partial charge on any atom is -0.309 e. The smallest absolute Gasteiger partial charge is 0.131 e. The maximum absolute atomic E-state index is 4.76. The lowest BCUT2D eigenvalue weighted by molar-refractivity contribution is 0.306. The molecule has 1 aliphatic rings. The molecule has 1 N–H and O–H groups in total. The van der Waals surface area contributed by atoms with E-state index in [2.05, 4.69) is 31.1 Å². The van der Waals surface area contributed by atoms with Gasteiger partial charge in [-0.05, 0) is 24.8 Å². The molecule has 1 heterocycles. The van der Waals surface area contributed by atoms with Crippen LogP contribution >= 0.6 is 0 Å². The van der Waals surface area contributed by atoms with Crippen molar-refractivity contribution in [2.24, 2.45) is 5.92 Å². The Hall–Kier alpha value is -0.960. The summed E-state index contributed by atoms with van der Waals surface area (Å²) in [5.41, 5.74) is 1.12. The van der Waals surface area contributed by atoms with E-state index in [9.17, 15) is 0 Å². The zero-order valence-corrected chi connectivity index (χ0v) is 12.5. The first-order valence-corrected chi connectivity index (χ1v) is 7.74. The van der Waals surface area contributed by atoms with E-state index in [1.54, 1.807) is 0 Å². The van der Waals surface area contributed by atoms with Crippen LogP contribution in [0.25, 0.3) is 0 Å². The molecule has 2 rings (SSSR count). The molecule has 1 fully saturated rings. The SMILES string of the molecule is CCC1CCCC(c2nccc(CNC(C)C)n2)C1. The summed E-state index contributed by atoms with van der Waals surface area (Å²) < 4.78 is 0. The summed E-state index contributed by atoms with van der Waals surface area (Å²) in [4.78, 5) is 9.28. The number of hydrogen-bond donors (Lipinski definition) is 1. The molecule has 3 nitrogen and oxygen atoms in total. The summed E-state index contributed by atoms with van der Waals surface area (Å²) in [5, 5.41) is 3.42. The van der Waals surface area contributed by atoms with Crippen LogP contribution in [0.4, 0.5) is 0 Å². The third-order valence-corrected chi connectivity index (χ3v) is 4.15. The summed E-state index contributed by atoms with van der Waals surface area (Å²) in [6.45, 7) is 7.47. The van der Waals surface area contributed by atoms with Gasteiger partial charge in [0, 0.05) is 24.7 Å². The van der Waals surface area contributed by atoms with Crippen molar-refractivity contribution >= 4 is 0 Å². The second kappa shape index (κ2) is 6.99. The molecule has 0 bridgehead atoms. The van der Waals surface area contributed by atoms with E-state index in [1.807, 2.05) is 12.3 Å². The third-order valence-electron chi connectivity index (χ3n) is 4.15. The van der Waals surface area contributed by atoms with E-state index in [4.69, 9.17) is 4.98 Å². The molecule has 0 spiro atoms. The van der Waals surface area contributed by atoms with Crippen molar-refractivity contribution in [2.45, 2.75) is 71.4 Å². The second-order valence-electron chi connectivity index (χ2n) is 6.08. The lowest BCUT2D eigenvalue weighted by Gasteiger charge is -2.27. The predicted molar refractivity (Wildman–Crippen MR) is 79.0 cm³/mol. The average Bonchev–Trinajstić information content (AvgIpc) is 2.45. The molecule has 2 atom stereocenters. The van der Waals surface area contributed by atoms with Crippen molar-refractivity contribution in [3.63, 3.8) is 0 Å². The van der Waals surface area contributed by atoms with E-state index in [1.165, 1.54) is 32.1 Å². The molecule has 1 aromatic rings. The maximum atomic E-state index is 4.76. The zero-order chi connectivity index (χ0) is 13.7. The fraction of sp³-hybridized carbons (Fsp3) is 0.750. The van der Waals surface area contributed by atoms with Gasteiger partial charge in [-0.2, -0.15) is 0 Å². The molecular formula is C16H27N3. The quantitative estimate of drug-likeness (QED) is 0.879. The Morgan fingerprint density at radius 2 is 2.21 bits per heavy atom. The van der Waals surface area contributed by atoms with Gasteiger partial charge in [0.15, 0.2) is 0 Å². The molecule has 0 saturated heterocycles. The first-order valence-electron chi connectivity index (χ1n) is 7.74. The molecule has 106 valence electrons. The van der Waals surface area contributed by atoms with E-state index in [0.29, 0.717) is 12.0 Å². The molecule has 0 amide bonds. The number of hydrogen-bond acceptors (Lipinski definition) is 3. The van der Waals surface area contributed by atoms with Gasteiger partial charge in [-0.15, -0.1) is 0 Å². The number of aromatic nitrogens is 2. The first kappa shape index (κ1) is 14.4. The van der Waals surface area contributed by atoms with Crippen molar-refractivity contribution in [3.05, 3.63) is 23.8 Å². The highest BCUT2D eigenvalue weighted by Gasteiger charge is 2.24. The Labute approximate surface area is 117 Å². The fourth-order valence-electron chi connectivity index (χ4n) is 2.91. The first-order chi connectivity index (χ1) is 9.19. The van der Waals surface area contributed by atoms with E-state index in [-0.39, 0.29) is 0 Å². The Kier molecular flexibility index (Phi) is 5.32. The highest BCUT2D eigenvalue weighted by atomic mass is 14.9. The van der Waals surface area contributed by atoms with Gasteiger partial charge in [0.05, 0.1) is 5.69 Å². The number of nitrogens with zero attached hydrogens (tertiary/aromatic N) is 2. The van der Waals surface area contributed by atoms with Gasteiger partial charge >= 0.3 is 0 Å². The van der Waals surface area contributed by atoms with Gasteiger partial charge in [-0.25, -0.2) is 9.97 Å². The molecule has 0 radical (unpaired) electrons. The van der Waals surface area contributed by atoms with Crippen molar-refractivity contribution in [3.8, 4) is 0 Å². The van der Waals surface area contributed by atoms with Gasteiger partial charge < -0.3 is 5.32 Å². The minimum absolute atomic E-state index is 0.498. The molecular weight excluding hydrogens is 234 g/mol. The van der Waals surface area contributed by atoms with Crippen LogP contribution in [-0.4, -0.2) is 16.0 Å². The summed E-state index contributed by atoms with van der Waals surface area (Å²) in [6, 6.07) is 2.52.